The van der Waals surface area contributed by atoms with Gasteiger partial charge in [-0.3, -0.25) is 10.1 Å². The molecule has 0 fully saturated rings. The van der Waals surface area contributed by atoms with Crippen molar-refractivity contribution >= 4 is 11.4 Å². The highest BCUT2D eigenvalue weighted by Crippen LogP contribution is 2.36. The summed E-state index contributed by atoms with van der Waals surface area (Å²) in [5, 5.41) is 10.5. The van der Waals surface area contributed by atoms with E-state index in [1.165, 1.54) is 7.11 Å². The van der Waals surface area contributed by atoms with Crippen LogP contribution in [0, 0.1) is 10.1 Å². The molecule has 1 rings (SSSR count). The van der Waals surface area contributed by atoms with E-state index < -0.39 is 17.2 Å². The number of anilines is 1. The van der Waals surface area contributed by atoms with E-state index in [2.05, 4.69) is 9.47 Å². The second kappa shape index (κ2) is 4.60. The lowest BCUT2D eigenvalue weighted by atomic mass is 10.2. The van der Waals surface area contributed by atoms with Crippen LogP contribution in [0.4, 0.5) is 20.2 Å². The summed E-state index contributed by atoms with van der Waals surface area (Å²) in [6.07, 6.45) is 0. The Kier molecular flexibility index (Phi) is 3.44. The van der Waals surface area contributed by atoms with Gasteiger partial charge >= 0.3 is 6.61 Å². The van der Waals surface area contributed by atoms with Gasteiger partial charge < -0.3 is 15.2 Å². The van der Waals surface area contributed by atoms with Gasteiger partial charge in [0, 0.05) is 6.07 Å². The molecule has 6 nitrogen and oxygen atoms in total. The Labute approximate surface area is 88.7 Å². The van der Waals surface area contributed by atoms with Crippen LogP contribution in [0.5, 0.6) is 11.5 Å². The van der Waals surface area contributed by atoms with Gasteiger partial charge in [-0.25, -0.2) is 0 Å². The van der Waals surface area contributed by atoms with E-state index >= 15 is 0 Å². The molecule has 0 spiro atoms. The largest absolute Gasteiger partial charge is 0.493 e. The summed E-state index contributed by atoms with van der Waals surface area (Å²) in [5.41, 5.74) is 4.59. The molecule has 88 valence electrons. The van der Waals surface area contributed by atoms with Gasteiger partial charge in [-0.2, -0.15) is 8.78 Å². The summed E-state index contributed by atoms with van der Waals surface area (Å²) in [6.45, 7) is -3.06. The van der Waals surface area contributed by atoms with Crippen LogP contribution in [-0.2, 0) is 0 Å². The number of nitrogen functional groups attached to an aromatic ring is 1. The average molecular weight is 234 g/mol. The number of rotatable bonds is 4. The molecule has 2 N–H and O–H groups in total. The lowest BCUT2D eigenvalue weighted by molar-refractivity contribution is -0.384. The molecule has 0 radical (unpaired) electrons. The molecular weight excluding hydrogens is 226 g/mol. The molecular formula is C8H8F2N2O4. The topological polar surface area (TPSA) is 87.6 Å². The van der Waals surface area contributed by atoms with Crippen LogP contribution in [-0.4, -0.2) is 18.6 Å². The molecule has 8 heteroatoms. The Bertz CT molecular complexity index is 411. The number of halogens is 2. The second-order valence-corrected chi connectivity index (χ2v) is 2.70. The zero-order valence-corrected chi connectivity index (χ0v) is 8.15. The first-order chi connectivity index (χ1) is 7.45. The van der Waals surface area contributed by atoms with E-state index in [1.54, 1.807) is 0 Å². The van der Waals surface area contributed by atoms with E-state index in [0.717, 1.165) is 12.1 Å². The molecule has 1 aromatic rings. The van der Waals surface area contributed by atoms with Crippen LogP contribution in [0.2, 0.25) is 0 Å². The number of methoxy groups -OCH3 is 1. The van der Waals surface area contributed by atoms with Gasteiger partial charge in [0.15, 0.2) is 11.5 Å². The number of nitro benzene ring substituents is 1. The predicted molar refractivity (Wildman–Crippen MR) is 50.7 cm³/mol. The molecule has 0 aromatic heterocycles. The van der Waals surface area contributed by atoms with Crippen molar-refractivity contribution in [1.82, 2.24) is 0 Å². The molecule has 16 heavy (non-hydrogen) atoms. The Morgan fingerprint density at radius 3 is 2.50 bits per heavy atom. The first-order valence-electron chi connectivity index (χ1n) is 4.02. The summed E-state index contributed by atoms with van der Waals surface area (Å²) in [6, 6.07) is 1.84. The quantitative estimate of drug-likeness (QED) is 0.487. The summed E-state index contributed by atoms with van der Waals surface area (Å²) < 4.78 is 32.7. The van der Waals surface area contributed by atoms with Crippen LogP contribution >= 0.6 is 0 Å². The summed E-state index contributed by atoms with van der Waals surface area (Å²) >= 11 is 0. The molecule has 0 aliphatic rings. The molecule has 0 bridgehead atoms. The van der Waals surface area contributed by atoms with E-state index in [-0.39, 0.29) is 17.2 Å². The highest BCUT2D eigenvalue weighted by Gasteiger charge is 2.19. The third kappa shape index (κ3) is 2.47. The SMILES string of the molecule is COc1cc([N+](=O)[O-])c(N)cc1OC(F)F. The summed E-state index contributed by atoms with van der Waals surface area (Å²) in [7, 11) is 1.17. The lowest BCUT2D eigenvalue weighted by Crippen LogP contribution is -2.05. The van der Waals surface area contributed by atoms with Gasteiger partial charge in [0.1, 0.15) is 5.69 Å². The Balaban J connectivity index is 3.21. The fraction of sp³-hybridized carbons (Fsp3) is 0.250. The van der Waals surface area contributed by atoms with Crippen molar-refractivity contribution in [3.8, 4) is 11.5 Å². The van der Waals surface area contributed by atoms with Crippen molar-refractivity contribution in [2.24, 2.45) is 0 Å². The van der Waals surface area contributed by atoms with Gasteiger partial charge in [-0.05, 0) is 0 Å². The van der Waals surface area contributed by atoms with Gasteiger partial charge in [0.2, 0.25) is 0 Å². The minimum atomic E-state index is -3.06. The van der Waals surface area contributed by atoms with Crippen molar-refractivity contribution < 1.29 is 23.2 Å². The van der Waals surface area contributed by atoms with E-state index in [0.29, 0.717) is 0 Å². The van der Waals surface area contributed by atoms with Crippen molar-refractivity contribution in [2.45, 2.75) is 6.61 Å². The number of hydrogen-bond donors (Lipinski definition) is 1. The number of benzene rings is 1. The summed E-state index contributed by atoms with van der Waals surface area (Å²) in [4.78, 5) is 9.76. The van der Waals surface area contributed by atoms with Crippen molar-refractivity contribution in [3.05, 3.63) is 22.2 Å². The Morgan fingerprint density at radius 2 is 2.06 bits per heavy atom. The monoisotopic (exact) mass is 234 g/mol. The number of alkyl halides is 2. The highest BCUT2D eigenvalue weighted by molar-refractivity contribution is 5.65. The van der Waals surface area contributed by atoms with Crippen LogP contribution in [0.3, 0.4) is 0 Å². The van der Waals surface area contributed by atoms with Gasteiger partial charge in [-0.1, -0.05) is 0 Å². The molecule has 0 unspecified atom stereocenters. The van der Waals surface area contributed by atoms with Gasteiger partial charge in [0.25, 0.3) is 5.69 Å². The third-order valence-corrected chi connectivity index (χ3v) is 1.73. The molecule has 0 saturated heterocycles. The second-order valence-electron chi connectivity index (χ2n) is 2.70. The Hall–Kier alpha value is -2.12. The molecule has 0 amide bonds. The number of hydrogen-bond acceptors (Lipinski definition) is 5. The maximum Gasteiger partial charge on any atom is 0.387 e. The molecule has 0 aliphatic heterocycles. The van der Waals surface area contributed by atoms with E-state index in [4.69, 9.17) is 5.73 Å². The first-order valence-corrected chi connectivity index (χ1v) is 4.02. The Morgan fingerprint density at radius 1 is 1.44 bits per heavy atom. The zero-order chi connectivity index (χ0) is 12.3. The first kappa shape index (κ1) is 12.0. The smallest absolute Gasteiger partial charge is 0.387 e. The number of nitro groups is 1. The molecule has 0 saturated carbocycles. The maximum absolute atomic E-state index is 12.0. The third-order valence-electron chi connectivity index (χ3n) is 1.73. The van der Waals surface area contributed by atoms with Crippen LogP contribution in [0.25, 0.3) is 0 Å². The van der Waals surface area contributed by atoms with Crippen LogP contribution in [0.1, 0.15) is 0 Å². The molecule has 0 aliphatic carbocycles. The minimum absolute atomic E-state index is 0.179. The highest BCUT2D eigenvalue weighted by atomic mass is 19.3. The lowest BCUT2D eigenvalue weighted by Gasteiger charge is -2.10. The predicted octanol–water partition coefficient (Wildman–Crippen LogP) is 1.79. The fourth-order valence-corrected chi connectivity index (χ4v) is 1.07. The van der Waals surface area contributed by atoms with Crippen LogP contribution in [0.15, 0.2) is 12.1 Å². The number of nitrogens with two attached hydrogens (primary N) is 1. The van der Waals surface area contributed by atoms with Crippen molar-refractivity contribution in [3.63, 3.8) is 0 Å². The minimum Gasteiger partial charge on any atom is -0.493 e. The fourth-order valence-electron chi connectivity index (χ4n) is 1.07. The number of nitrogens with zero attached hydrogens (tertiary/aromatic N) is 1. The van der Waals surface area contributed by atoms with E-state index in [9.17, 15) is 18.9 Å². The molecule has 0 heterocycles. The summed E-state index contributed by atoms with van der Waals surface area (Å²) in [5.74, 6) is -0.526. The van der Waals surface area contributed by atoms with Crippen LogP contribution < -0.4 is 15.2 Å². The molecule has 1 aromatic carbocycles. The van der Waals surface area contributed by atoms with Crippen molar-refractivity contribution in [2.75, 3.05) is 12.8 Å². The average Bonchev–Trinajstić information content (AvgIpc) is 2.16. The standard InChI is InChI=1S/C8H8F2N2O4/c1-15-6-3-5(12(13)14)4(11)2-7(6)16-8(9)10/h2-3,8H,11H2,1H3. The zero-order valence-electron chi connectivity index (χ0n) is 8.15. The van der Waals surface area contributed by atoms with Gasteiger partial charge in [-0.15, -0.1) is 0 Å². The normalized spacial score (nSPS) is 10.2. The number of ether oxygens (including phenoxy) is 2. The maximum atomic E-state index is 12.0. The van der Waals surface area contributed by atoms with Gasteiger partial charge in [0.05, 0.1) is 18.1 Å². The van der Waals surface area contributed by atoms with E-state index in [1.807, 2.05) is 0 Å². The van der Waals surface area contributed by atoms with Crippen molar-refractivity contribution in [1.29, 1.82) is 0 Å². The molecule has 0 atom stereocenters.